The molecule has 0 aromatic heterocycles. The first-order valence-electron chi connectivity index (χ1n) is 4.86. The molecular weight excluding hydrogens is 227 g/mol. The van der Waals surface area contributed by atoms with E-state index in [2.05, 4.69) is 5.32 Å². The van der Waals surface area contributed by atoms with Crippen LogP contribution >= 0.6 is 0 Å². The van der Waals surface area contributed by atoms with E-state index >= 15 is 0 Å². The number of aliphatic hydroxyl groups excluding tert-OH is 1. The molecule has 0 saturated heterocycles. The van der Waals surface area contributed by atoms with Crippen LogP contribution in [0.15, 0.2) is 18.2 Å². The Morgan fingerprint density at radius 2 is 2.29 bits per heavy atom. The van der Waals surface area contributed by atoms with E-state index in [0.29, 0.717) is 5.69 Å². The summed E-state index contributed by atoms with van der Waals surface area (Å²) in [5.74, 6) is -1.72. The first kappa shape index (κ1) is 12.9. The smallest absolute Gasteiger partial charge is 0.306 e. The largest absolute Gasteiger partial charge is 0.481 e. The second-order valence-corrected chi connectivity index (χ2v) is 3.44. The molecule has 0 spiro atoms. The van der Waals surface area contributed by atoms with E-state index in [0.717, 1.165) is 6.07 Å². The van der Waals surface area contributed by atoms with E-state index in [1.807, 2.05) is 0 Å². The maximum Gasteiger partial charge on any atom is 0.306 e. The monoisotopic (exact) mass is 238 g/mol. The van der Waals surface area contributed by atoms with Crippen LogP contribution in [0.3, 0.4) is 0 Å². The van der Waals surface area contributed by atoms with Crippen LogP contribution in [0.4, 0.5) is 10.1 Å². The number of carbonyl (C=O) groups is 1. The zero-order chi connectivity index (χ0) is 12.8. The summed E-state index contributed by atoms with van der Waals surface area (Å²) in [6.07, 6.45) is -1.41. The minimum atomic E-state index is -1.10. The topological polar surface area (TPSA) is 93.4 Å². The van der Waals surface area contributed by atoms with Gasteiger partial charge >= 0.3 is 5.97 Å². The predicted octanol–water partition coefficient (Wildman–Crippen LogP) is 0.945. The molecule has 17 heavy (non-hydrogen) atoms. The Bertz CT molecular complexity index is 457. The molecular formula is C11H11FN2O3. The third-order valence-electron chi connectivity index (χ3n) is 2.04. The Morgan fingerprint density at radius 3 is 2.88 bits per heavy atom. The Kier molecular flexibility index (Phi) is 4.43. The Hall–Kier alpha value is -2.13. The summed E-state index contributed by atoms with van der Waals surface area (Å²) in [7, 11) is 0. The number of nitriles is 1. The van der Waals surface area contributed by atoms with Gasteiger partial charge in [-0.25, -0.2) is 4.39 Å². The lowest BCUT2D eigenvalue weighted by Gasteiger charge is -2.10. The van der Waals surface area contributed by atoms with Crippen LogP contribution in [0, 0.1) is 17.1 Å². The van der Waals surface area contributed by atoms with Crippen LogP contribution in [0.5, 0.6) is 0 Å². The van der Waals surface area contributed by atoms with Crippen molar-refractivity contribution in [2.45, 2.75) is 12.5 Å². The Labute approximate surface area is 97.1 Å². The van der Waals surface area contributed by atoms with Crippen molar-refractivity contribution in [3.05, 3.63) is 29.6 Å². The zero-order valence-corrected chi connectivity index (χ0v) is 8.85. The van der Waals surface area contributed by atoms with Gasteiger partial charge in [0.2, 0.25) is 0 Å². The molecule has 0 radical (unpaired) electrons. The minimum Gasteiger partial charge on any atom is -0.481 e. The highest BCUT2D eigenvalue weighted by Crippen LogP contribution is 2.13. The molecule has 0 bridgehead atoms. The van der Waals surface area contributed by atoms with Crippen LogP contribution in [-0.2, 0) is 4.79 Å². The van der Waals surface area contributed by atoms with Gasteiger partial charge in [0.15, 0.2) is 0 Å². The predicted molar refractivity (Wildman–Crippen MR) is 57.9 cm³/mol. The normalized spacial score (nSPS) is 11.6. The Balaban J connectivity index is 2.58. The van der Waals surface area contributed by atoms with Crippen molar-refractivity contribution in [2.24, 2.45) is 0 Å². The molecule has 1 aromatic carbocycles. The maximum atomic E-state index is 13.0. The fourth-order valence-electron chi connectivity index (χ4n) is 1.23. The average molecular weight is 238 g/mol. The number of carboxylic acid groups (broad SMARTS) is 1. The van der Waals surface area contributed by atoms with Gasteiger partial charge in [0, 0.05) is 12.2 Å². The van der Waals surface area contributed by atoms with Crippen LogP contribution in [-0.4, -0.2) is 28.8 Å². The van der Waals surface area contributed by atoms with Crippen LogP contribution in [0.1, 0.15) is 12.0 Å². The number of hydrogen-bond donors (Lipinski definition) is 3. The second kappa shape index (κ2) is 5.82. The van der Waals surface area contributed by atoms with Gasteiger partial charge in [0.1, 0.15) is 11.9 Å². The van der Waals surface area contributed by atoms with Crippen molar-refractivity contribution in [2.75, 3.05) is 11.9 Å². The number of halogens is 1. The summed E-state index contributed by atoms with van der Waals surface area (Å²) in [5.41, 5.74) is 0.343. The SMILES string of the molecule is N#Cc1cc(NCC(O)CC(=O)O)ccc1F. The number of benzene rings is 1. The van der Waals surface area contributed by atoms with Gasteiger partial charge in [-0.3, -0.25) is 4.79 Å². The van der Waals surface area contributed by atoms with E-state index in [1.54, 1.807) is 6.07 Å². The molecule has 0 aliphatic heterocycles. The van der Waals surface area contributed by atoms with Gasteiger partial charge in [-0.05, 0) is 18.2 Å². The number of rotatable bonds is 5. The van der Waals surface area contributed by atoms with Gasteiger partial charge in [0.05, 0.1) is 18.1 Å². The molecule has 5 nitrogen and oxygen atoms in total. The van der Waals surface area contributed by atoms with E-state index in [4.69, 9.17) is 10.4 Å². The van der Waals surface area contributed by atoms with E-state index in [-0.39, 0.29) is 18.5 Å². The van der Waals surface area contributed by atoms with Gasteiger partial charge in [-0.1, -0.05) is 0 Å². The van der Waals surface area contributed by atoms with Crippen molar-refractivity contribution < 1.29 is 19.4 Å². The number of anilines is 1. The van der Waals surface area contributed by atoms with Gasteiger partial charge < -0.3 is 15.5 Å². The summed E-state index contributed by atoms with van der Waals surface area (Å²) >= 11 is 0. The van der Waals surface area contributed by atoms with Crippen molar-refractivity contribution >= 4 is 11.7 Å². The molecule has 1 atom stereocenters. The van der Waals surface area contributed by atoms with Crippen molar-refractivity contribution in [3.63, 3.8) is 0 Å². The first-order valence-corrected chi connectivity index (χ1v) is 4.86. The molecule has 0 aliphatic carbocycles. The lowest BCUT2D eigenvalue weighted by Crippen LogP contribution is -2.22. The molecule has 90 valence electrons. The van der Waals surface area contributed by atoms with Crippen LogP contribution in [0.2, 0.25) is 0 Å². The van der Waals surface area contributed by atoms with E-state index in [9.17, 15) is 14.3 Å². The second-order valence-electron chi connectivity index (χ2n) is 3.44. The molecule has 0 heterocycles. The fourth-order valence-corrected chi connectivity index (χ4v) is 1.23. The minimum absolute atomic E-state index is 0.0167. The molecule has 0 aliphatic rings. The van der Waals surface area contributed by atoms with Gasteiger partial charge in [-0.2, -0.15) is 5.26 Å². The number of hydrogen-bond acceptors (Lipinski definition) is 4. The van der Waals surface area contributed by atoms with Crippen LogP contribution in [0.25, 0.3) is 0 Å². The van der Waals surface area contributed by atoms with Gasteiger partial charge in [0.25, 0.3) is 0 Å². The molecule has 1 rings (SSSR count). The summed E-state index contributed by atoms with van der Waals surface area (Å²) in [6.45, 7) is 0.0167. The number of nitrogens with one attached hydrogen (secondary N) is 1. The van der Waals surface area contributed by atoms with E-state index in [1.165, 1.54) is 12.1 Å². The average Bonchev–Trinajstić information content (AvgIpc) is 2.27. The highest BCUT2D eigenvalue weighted by molar-refractivity contribution is 5.67. The molecule has 1 aromatic rings. The van der Waals surface area contributed by atoms with Crippen molar-refractivity contribution in [1.82, 2.24) is 0 Å². The number of carboxylic acids is 1. The first-order chi connectivity index (χ1) is 8.02. The molecule has 1 unspecified atom stereocenters. The lowest BCUT2D eigenvalue weighted by atomic mass is 10.2. The molecule has 0 saturated carbocycles. The third kappa shape index (κ3) is 4.09. The van der Waals surface area contributed by atoms with Crippen molar-refractivity contribution in [3.8, 4) is 6.07 Å². The lowest BCUT2D eigenvalue weighted by molar-refractivity contribution is -0.138. The van der Waals surface area contributed by atoms with Gasteiger partial charge in [-0.15, -0.1) is 0 Å². The summed E-state index contributed by atoms with van der Waals surface area (Å²) in [5, 5.41) is 29.0. The third-order valence-corrected chi connectivity index (χ3v) is 2.04. The highest BCUT2D eigenvalue weighted by Gasteiger charge is 2.09. The maximum absolute atomic E-state index is 13.0. The van der Waals surface area contributed by atoms with Crippen LogP contribution < -0.4 is 5.32 Å². The number of nitrogens with zero attached hydrogens (tertiary/aromatic N) is 1. The zero-order valence-electron chi connectivity index (χ0n) is 8.85. The number of aliphatic hydroxyl groups is 1. The standard InChI is InChI=1S/C11H11FN2O3/c12-10-2-1-8(3-7(10)5-13)14-6-9(15)4-11(16)17/h1-3,9,14-15H,4,6H2,(H,16,17). The molecule has 0 amide bonds. The molecule has 6 heteroatoms. The van der Waals surface area contributed by atoms with Crippen molar-refractivity contribution in [1.29, 1.82) is 5.26 Å². The highest BCUT2D eigenvalue weighted by atomic mass is 19.1. The summed E-state index contributed by atoms with van der Waals surface area (Å²) in [6, 6.07) is 5.51. The summed E-state index contributed by atoms with van der Waals surface area (Å²) in [4.78, 5) is 10.3. The quantitative estimate of drug-likeness (QED) is 0.710. The molecule has 0 fully saturated rings. The Morgan fingerprint density at radius 1 is 1.59 bits per heavy atom. The number of aliphatic carboxylic acids is 1. The summed E-state index contributed by atoms with van der Waals surface area (Å²) < 4.78 is 13.0. The fraction of sp³-hybridized carbons (Fsp3) is 0.273. The van der Waals surface area contributed by atoms with E-state index < -0.39 is 17.9 Å². The molecule has 3 N–H and O–H groups in total.